The molecule has 0 saturated heterocycles. The Labute approximate surface area is 105 Å². The molecule has 0 aromatic heterocycles. The molecule has 0 saturated carbocycles. The lowest BCUT2D eigenvalue weighted by Gasteiger charge is -2.22. The van der Waals surface area contributed by atoms with Crippen molar-refractivity contribution in [3.63, 3.8) is 0 Å². The van der Waals surface area contributed by atoms with E-state index in [1.807, 2.05) is 13.8 Å². The van der Waals surface area contributed by atoms with Crippen molar-refractivity contribution < 1.29 is 14.2 Å². The molecule has 0 bridgehead atoms. The lowest BCUT2D eigenvalue weighted by atomic mass is 10.1. The van der Waals surface area contributed by atoms with Crippen molar-refractivity contribution in [2.75, 3.05) is 40.0 Å². The summed E-state index contributed by atoms with van der Waals surface area (Å²) in [5.74, 6) is 0. The number of hydrogen-bond donors (Lipinski definition) is 2. The van der Waals surface area contributed by atoms with E-state index < -0.39 is 0 Å². The maximum atomic E-state index is 5.51. The van der Waals surface area contributed by atoms with Gasteiger partial charge in [0.1, 0.15) is 0 Å². The molecule has 0 amide bonds. The fraction of sp³-hybridized carbons (Fsp3) is 1.00. The number of nitrogens with one attached hydrogen (secondary N) is 1. The molecule has 0 aliphatic carbocycles. The summed E-state index contributed by atoms with van der Waals surface area (Å²) in [6.45, 7) is 7.32. The molecule has 0 radical (unpaired) electrons. The number of ether oxygens (including phenoxy) is 3. The normalized spacial score (nSPS) is 13.2. The molecule has 5 heteroatoms. The van der Waals surface area contributed by atoms with E-state index in [1.54, 1.807) is 7.11 Å². The van der Waals surface area contributed by atoms with Gasteiger partial charge in [0.15, 0.2) is 6.29 Å². The van der Waals surface area contributed by atoms with Crippen LogP contribution in [0.3, 0.4) is 0 Å². The van der Waals surface area contributed by atoms with Crippen molar-refractivity contribution >= 4 is 0 Å². The van der Waals surface area contributed by atoms with Crippen molar-refractivity contribution in [3.05, 3.63) is 0 Å². The lowest BCUT2D eigenvalue weighted by molar-refractivity contribution is -0.134. The van der Waals surface area contributed by atoms with Gasteiger partial charge in [0, 0.05) is 32.9 Å². The van der Waals surface area contributed by atoms with Crippen LogP contribution in [0.25, 0.3) is 0 Å². The van der Waals surface area contributed by atoms with Crippen LogP contribution in [0.4, 0.5) is 0 Å². The zero-order valence-electron chi connectivity index (χ0n) is 11.4. The monoisotopic (exact) mass is 248 g/mol. The summed E-state index contributed by atoms with van der Waals surface area (Å²) in [4.78, 5) is 0. The first-order valence-corrected chi connectivity index (χ1v) is 6.44. The molecular weight excluding hydrogens is 220 g/mol. The summed E-state index contributed by atoms with van der Waals surface area (Å²) in [5.41, 5.74) is 5.51. The number of methoxy groups -OCH3 is 1. The maximum Gasteiger partial charge on any atom is 0.169 e. The number of hydrogen-bond acceptors (Lipinski definition) is 5. The predicted molar refractivity (Wildman–Crippen MR) is 69.0 cm³/mol. The summed E-state index contributed by atoms with van der Waals surface area (Å²) < 4.78 is 16.1. The molecule has 0 spiro atoms. The van der Waals surface area contributed by atoms with E-state index in [1.165, 1.54) is 0 Å². The number of nitrogens with two attached hydrogens (primary N) is 1. The molecule has 104 valence electrons. The van der Waals surface area contributed by atoms with E-state index >= 15 is 0 Å². The lowest BCUT2D eigenvalue weighted by Crippen LogP contribution is -2.40. The minimum atomic E-state index is -0.178. The van der Waals surface area contributed by atoms with Crippen LogP contribution in [-0.2, 0) is 14.2 Å². The highest BCUT2D eigenvalue weighted by atomic mass is 16.7. The first kappa shape index (κ1) is 16.8. The standard InChI is InChI=1S/C12H28N2O3/c1-4-16-12(17-5-2)9-14-11(10-15-3)7-6-8-13/h11-12,14H,4-10,13H2,1-3H3. The molecule has 1 atom stereocenters. The summed E-state index contributed by atoms with van der Waals surface area (Å²) >= 11 is 0. The Kier molecular flexibility index (Phi) is 12.1. The second-order valence-corrected chi connectivity index (χ2v) is 3.83. The average Bonchev–Trinajstić information content (AvgIpc) is 2.33. The van der Waals surface area contributed by atoms with Crippen LogP contribution < -0.4 is 11.1 Å². The quantitative estimate of drug-likeness (QED) is 0.498. The molecule has 3 N–H and O–H groups in total. The van der Waals surface area contributed by atoms with Crippen LogP contribution in [0.1, 0.15) is 26.7 Å². The summed E-state index contributed by atoms with van der Waals surface area (Å²) in [6.07, 6.45) is 1.83. The molecular formula is C12H28N2O3. The molecule has 0 aliphatic rings. The highest BCUT2D eigenvalue weighted by Crippen LogP contribution is 1.99. The Morgan fingerprint density at radius 1 is 1.18 bits per heavy atom. The number of rotatable bonds is 12. The molecule has 0 rings (SSSR count). The van der Waals surface area contributed by atoms with E-state index in [2.05, 4.69) is 5.32 Å². The topological polar surface area (TPSA) is 65.7 Å². The minimum absolute atomic E-state index is 0.178. The summed E-state index contributed by atoms with van der Waals surface area (Å²) in [6, 6.07) is 0.312. The molecule has 1 unspecified atom stereocenters. The third-order valence-electron chi connectivity index (χ3n) is 2.40. The van der Waals surface area contributed by atoms with E-state index in [0.717, 1.165) is 12.8 Å². The Morgan fingerprint density at radius 2 is 1.82 bits per heavy atom. The maximum absolute atomic E-state index is 5.51. The first-order valence-electron chi connectivity index (χ1n) is 6.44. The van der Waals surface area contributed by atoms with Crippen molar-refractivity contribution in [2.24, 2.45) is 5.73 Å². The molecule has 0 aromatic rings. The molecule has 0 heterocycles. The van der Waals surface area contributed by atoms with Gasteiger partial charge in [-0.3, -0.25) is 0 Å². The summed E-state index contributed by atoms with van der Waals surface area (Å²) in [5, 5.41) is 3.39. The largest absolute Gasteiger partial charge is 0.383 e. The predicted octanol–water partition coefficient (Wildman–Crippen LogP) is 0.729. The van der Waals surface area contributed by atoms with Gasteiger partial charge < -0.3 is 25.3 Å². The van der Waals surface area contributed by atoms with Gasteiger partial charge >= 0.3 is 0 Å². The molecule has 5 nitrogen and oxygen atoms in total. The van der Waals surface area contributed by atoms with Gasteiger partial charge in [-0.25, -0.2) is 0 Å². The van der Waals surface area contributed by atoms with Crippen LogP contribution in [0.5, 0.6) is 0 Å². The van der Waals surface area contributed by atoms with Crippen LogP contribution in [0, 0.1) is 0 Å². The van der Waals surface area contributed by atoms with Gasteiger partial charge in [-0.05, 0) is 33.2 Å². The Bertz CT molecular complexity index is 153. The average molecular weight is 248 g/mol. The van der Waals surface area contributed by atoms with Crippen LogP contribution in [0.15, 0.2) is 0 Å². The highest BCUT2D eigenvalue weighted by Gasteiger charge is 2.12. The van der Waals surface area contributed by atoms with Gasteiger partial charge in [0.05, 0.1) is 6.61 Å². The second kappa shape index (κ2) is 12.3. The van der Waals surface area contributed by atoms with Crippen molar-refractivity contribution in [1.82, 2.24) is 5.32 Å². The second-order valence-electron chi connectivity index (χ2n) is 3.83. The molecule has 0 fully saturated rings. The Morgan fingerprint density at radius 3 is 2.29 bits per heavy atom. The fourth-order valence-corrected chi connectivity index (χ4v) is 1.61. The van der Waals surface area contributed by atoms with Gasteiger partial charge in [-0.2, -0.15) is 0 Å². The van der Waals surface area contributed by atoms with E-state index in [-0.39, 0.29) is 6.29 Å². The zero-order chi connectivity index (χ0) is 12.9. The highest BCUT2D eigenvalue weighted by molar-refractivity contribution is 4.67. The minimum Gasteiger partial charge on any atom is -0.383 e. The summed E-state index contributed by atoms with van der Waals surface area (Å²) in [7, 11) is 1.71. The third kappa shape index (κ3) is 9.50. The molecule has 0 aromatic carbocycles. The van der Waals surface area contributed by atoms with Gasteiger partial charge in [-0.1, -0.05) is 0 Å². The SMILES string of the molecule is CCOC(CNC(CCCN)COC)OCC. The van der Waals surface area contributed by atoms with E-state index in [4.69, 9.17) is 19.9 Å². The van der Waals surface area contributed by atoms with E-state index in [0.29, 0.717) is 39.0 Å². The van der Waals surface area contributed by atoms with Crippen LogP contribution in [0.2, 0.25) is 0 Å². The third-order valence-corrected chi connectivity index (χ3v) is 2.40. The zero-order valence-corrected chi connectivity index (χ0v) is 11.4. The van der Waals surface area contributed by atoms with Crippen LogP contribution in [-0.4, -0.2) is 52.4 Å². The fourth-order valence-electron chi connectivity index (χ4n) is 1.61. The van der Waals surface area contributed by atoms with Crippen molar-refractivity contribution in [2.45, 2.75) is 39.0 Å². The van der Waals surface area contributed by atoms with Gasteiger partial charge in [-0.15, -0.1) is 0 Å². The smallest absolute Gasteiger partial charge is 0.169 e. The Balaban J connectivity index is 3.87. The first-order chi connectivity index (χ1) is 8.28. The van der Waals surface area contributed by atoms with Crippen molar-refractivity contribution in [3.8, 4) is 0 Å². The van der Waals surface area contributed by atoms with Gasteiger partial charge in [0.25, 0.3) is 0 Å². The molecule has 0 aliphatic heterocycles. The van der Waals surface area contributed by atoms with E-state index in [9.17, 15) is 0 Å². The molecule has 17 heavy (non-hydrogen) atoms. The van der Waals surface area contributed by atoms with Crippen LogP contribution >= 0.6 is 0 Å². The van der Waals surface area contributed by atoms with Gasteiger partial charge in [0.2, 0.25) is 0 Å². The Hall–Kier alpha value is -0.200. The van der Waals surface area contributed by atoms with Crippen molar-refractivity contribution in [1.29, 1.82) is 0 Å².